The number of hydrogen-bond donors (Lipinski definition) is 0. The van der Waals surface area contributed by atoms with Crippen molar-refractivity contribution >= 4 is 22.6 Å². The van der Waals surface area contributed by atoms with E-state index in [9.17, 15) is 0 Å². The van der Waals surface area contributed by atoms with Crippen molar-refractivity contribution in [2.24, 2.45) is 7.05 Å². The summed E-state index contributed by atoms with van der Waals surface area (Å²) < 4.78 is 1.69. The van der Waals surface area contributed by atoms with Gasteiger partial charge in [0.1, 0.15) is 17.4 Å². The fourth-order valence-electron chi connectivity index (χ4n) is 1.23. The minimum Gasteiger partial charge on any atom is -0.263 e. The normalized spacial score (nSPS) is 10.9. The highest BCUT2D eigenvalue weighted by Crippen LogP contribution is 2.20. The topological polar surface area (TPSA) is 43.6 Å². The van der Waals surface area contributed by atoms with Crippen molar-refractivity contribution in [2.45, 2.75) is 6.92 Å². The van der Waals surface area contributed by atoms with E-state index in [0.717, 1.165) is 16.7 Å². The molecule has 2 heterocycles. The van der Waals surface area contributed by atoms with Gasteiger partial charge in [-0.15, -0.1) is 0 Å². The van der Waals surface area contributed by atoms with Crippen LogP contribution in [-0.2, 0) is 7.05 Å². The molecule has 12 heavy (non-hydrogen) atoms. The number of aromatic nitrogens is 4. The Morgan fingerprint density at radius 3 is 2.83 bits per heavy atom. The highest BCUT2D eigenvalue weighted by Gasteiger charge is 2.09. The van der Waals surface area contributed by atoms with Crippen LogP contribution in [0.3, 0.4) is 0 Å². The van der Waals surface area contributed by atoms with Gasteiger partial charge >= 0.3 is 0 Å². The molecule has 0 fully saturated rings. The Kier molecular flexibility index (Phi) is 1.51. The fraction of sp³-hybridized carbons (Fsp3) is 0.286. The summed E-state index contributed by atoms with van der Waals surface area (Å²) in [7, 11) is 1.82. The lowest BCUT2D eigenvalue weighted by Crippen LogP contribution is -1.91. The molecule has 5 heteroatoms. The molecule has 0 atom stereocenters. The predicted molar refractivity (Wildman–Crippen MR) is 46.1 cm³/mol. The van der Waals surface area contributed by atoms with E-state index in [1.54, 1.807) is 4.68 Å². The molecule has 0 aliphatic heterocycles. The van der Waals surface area contributed by atoms with E-state index in [1.807, 2.05) is 14.0 Å². The second kappa shape index (κ2) is 2.42. The van der Waals surface area contributed by atoms with Crippen molar-refractivity contribution < 1.29 is 0 Å². The molecule has 0 amide bonds. The second-order valence-corrected chi connectivity index (χ2v) is 2.93. The molecular weight excluding hydrogens is 176 g/mol. The first kappa shape index (κ1) is 7.49. The van der Waals surface area contributed by atoms with Gasteiger partial charge in [0.2, 0.25) is 0 Å². The molecule has 4 nitrogen and oxygen atoms in total. The Morgan fingerprint density at radius 2 is 2.17 bits per heavy atom. The van der Waals surface area contributed by atoms with Crippen LogP contribution in [0.2, 0.25) is 5.15 Å². The summed E-state index contributed by atoms with van der Waals surface area (Å²) in [6, 6.07) is 0. The lowest BCUT2D eigenvalue weighted by atomic mass is 10.4. The number of halogens is 1. The van der Waals surface area contributed by atoms with E-state index in [2.05, 4.69) is 15.1 Å². The Labute approximate surface area is 74.2 Å². The van der Waals surface area contributed by atoms with E-state index in [-0.39, 0.29) is 0 Å². The highest BCUT2D eigenvalue weighted by atomic mass is 35.5. The smallest absolute Gasteiger partial charge is 0.158 e. The summed E-state index contributed by atoms with van der Waals surface area (Å²) in [6.45, 7) is 1.89. The maximum Gasteiger partial charge on any atom is 0.158 e. The summed E-state index contributed by atoms with van der Waals surface area (Å²) in [5, 5.41) is 4.63. The zero-order chi connectivity index (χ0) is 8.72. The number of hydrogen-bond acceptors (Lipinski definition) is 3. The summed E-state index contributed by atoms with van der Waals surface area (Å²) in [4.78, 5) is 7.96. The van der Waals surface area contributed by atoms with E-state index >= 15 is 0 Å². The Balaban J connectivity index is 2.99. The van der Waals surface area contributed by atoms with E-state index in [0.29, 0.717) is 5.15 Å². The first-order valence-electron chi connectivity index (χ1n) is 3.50. The number of nitrogens with zero attached hydrogens (tertiary/aromatic N) is 4. The van der Waals surface area contributed by atoms with Gasteiger partial charge < -0.3 is 0 Å². The van der Waals surface area contributed by atoms with Crippen molar-refractivity contribution in [3.63, 3.8) is 0 Å². The largest absolute Gasteiger partial charge is 0.263 e. The summed E-state index contributed by atoms with van der Waals surface area (Å²) in [5.41, 5.74) is 2.48. The van der Waals surface area contributed by atoms with Gasteiger partial charge in [0.05, 0.1) is 5.69 Å². The molecule has 0 bridgehead atoms. The van der Waals surface area contributed by atoms with Gasteiger partial charge in [0, 0.05) is 7.05 Å². The Morgan fingerprint density at radius 1 is 1.42 bits per heavy atom. The molecule has 0 aliphatic rings. The third-order valence-electron chi connectivity index (χ3n) is 1.74. The molecule has 2 aromatic heterocycles. The van der Waals surface area contributed by atoms with Gasteiger partial charge in [-0.25, -0.2) is 9.97 Å². The Hall–Kier alpha value is -1.16. The monoisotopic (exact) mass is 182 g/mol. The van der Waals surface area contributed by atoms with Crippen molar-refractivity contribution in [2.75, 3.05) is 0 Å². The first-order valence-corrected chi connectivity index (χ1v) is 3.87. The minimum atomic E-state index is 0.447. The summed E-state index contributed by atoms with van der Waals surface area (Å²) >= 11 is 5.86. The molecule has 0 saturated heterocycles. The van der Waals surface area contributed by atoms with Crippen LogP contribution in [-0.4, -0.2) is 19.7 Å². The van der Waals surface area contributed by atoms with Crippen LogP contribution in [0.25, 0.3) is 11.0 Å². The number of rotatable bonds is 0. The zero-order valence-electron chi connectivity index (χ0n) is 6.74. The molecule has 0 saturated carbocycles. The van der Waals surface area contributed by atoms with Gasteiger partial charge in [-0.3, -0.25) is 4.68 Å². The van der Waals surface area contributed by atoms with Crippen LogP contribution < -0.4 is 0 Å². The molecule has 0 aliphatic carbocycles. The summed E-state index contributed by atoms with van der Waals surface area (Å²) in [5.74, 6) is 0. The predicted octanol–water partition coefficient (Wildman–Crippen LogP) is 1.33. The van der Waals surface area contributed by atoms with E-state index in [1.165, 1.54) is 6.33 Å². The van der Waals surface area contributed by atoms with Crippen molar-refractivity contribution in [1.82, 2.24) is 19.7 Å². The molecule has 2 aromatic rings. The lowest BCUT2D eigenvalue weighted by molar-refractivity contribution is 0.782. The minimum absolute atomic E-state index is 0.447. The molecule has 0 unspecified atom stereocenters. The molecule has 62 valence electrons. The van der Waals surface area contributed by atoms with Crippen molar-refractivity contribution in [3.8, 4) is 0 Å². The average Bonchev–Trinajstić information content (AvgIpc) is 2.29. The average molecular weight is 183 g/mol. The van der Waals surface area contributed by atoms with Crippen LogP contribution in [0.1, 0.15) is 5.69 Å². The molecular formula is C7H7ClN4. The molecule has 0 N–H and O–H groups in total. The standard InChI is InChI=1S/C7H7ClN4/c1-4-5-6(12(2)11-4)7(8)10-3-9-5/h3H,1-2H3. The number of fused-ring (bicyclic) bond motifs is 1. The van der Waals surface area contributed by atoms with E-state index < -0.39 is 0 Å². The van der Waals surface area contributed by atoms with Crippen LogP contribution in [0.5, 0.6) is 0 Å². The zero-order valence-corrected chi connectivity index (χ0v) is 7.50. The fourth-order valence-corrected chi connectivity index (χ4v) is 1.49. The molecule has 0 aromatic carbocycles. The van der Waals surface area contributed by atoms with Crippen LogP contribution >= 0.6 is 11.6 Å². The van der Waals surface area contributed by atoms with Gasteiger partial charge in [-0.1, -0.05) is 11.6 Å². The molecule has 0 radical (unpaired) electrons. The quantitative estimate of drug-likeness (QED) is 0.578. The second-order valence-electron chi connectivity index (χ2n) is 2.57. The van der Waals surface area contributed by atoms with E-state index in [4.69, 9.17) is 11.6 Å². The number of aryl methyl sites for hydroxylation is 2. The van der Waals surface area contributed by atoms with Crippen LogP contribution in [0.15, 0.2) is 6.33 Å². The Bertz CT molecular complexity index is 434. The first-order chi connectivity index (χ1) is 5.70. The van der Waals surface area contributed by atoms with Gasteiger partial charge in [0.25, 0.3) is 0 Å². The lowest BCUT2D eigenvalue weighted by Gasteiger charge is -1.93. The van der Waals surface area contributed by atoms with Gasteiger partial charge in [0.15, 0.2) is 5.15 Å². The van der Waals surface area contributed by atoms with Crippen LogP contribution in [0, 0.1) is 6.92 Å². The third-order valence-corrected chi connectivity index (χ3v) is 2.02. The summed E-state index contributed by atoms with van der Waals surface area (Å²) in [6.07, 6.45) is 1.44. The molecule has 0 spiro atoms. The maximum absolute atomic E-state index is 5.86. The van der Waals surface area contributed by atoms with Crippen LogP contribution in [0.4, 0.5) is 0 Å². The maximum atomic E-state index is 5.86. The van der Waals surface area contributed by atoms with Crippen molar-refractivity contribution in [3.05, 3.63) is 17.2 Å². The van der Waals surface area contributed by atoms with Gasteiger partial charge in [-0.05, 0) is 6.92 Å². The molecule has 2 rings (SSSR count). The SMILES string of the molecule is Cc1nn(C)c2c(Cl)ncnc12. The third kappa shape index (κ3) is 0.881. The van der Waals surface area contributed by atoms with Gasteiger partial charge in [-0.2, -0.15) is 5.10 Å². The highest BCUT2D eigenvalue weighted by molar-refractivity contribution is 6.33. The van der Waals surface area contributed by atoms with Crippen molar-refractivity contribution in [1.29, 1.82) is 0 Å².